The largest absolute Gasteiger partial charge is 0.493 e. The number of hydrogen-bond acceptors (Lipinski definition) is 3. The minimum atomic E-state index is -0.503. The monoisotopic (exact) mass is 250 g/mol. The smallest absolute Gasteiger partial charge is 0.125 e. The van der Waals surface area contributed by atoms with Crippen molar-refractivity contribution in [2.75, 3.05) is 13.2 Å². The Morgan fingerprint density at radius 2 is 2.28 bits per heavy atom. The molecule has 0 amide bonds. The van der Waals surface area contributed by atoms with Crippen LogP contribution >= 0.6 is 0 Å². The Morgan fingerprint density at radius 1 is 1.50 bits per heavy atom. The van der Waals surface area contributed by atoms with Gasteiger partial charge in [-0.15, -0.1) is 0 Å². The van der Waals surface area contributed by atoms with Gasteiger partial charge in [0.05, 0.1) is 25.4 Å². The molecule has 1 aliphatic heterocycles. The molecule has 1 N–H and O–H groups in total. The predicted molar refractivity (Wildman–Crippen MR) is 70.8 cm³/mol. The fourth-order valence-corrected chi connectivity index (χ4v) is 2.51. The molecule has 1 aliphatic rings. The van der Waals surface area contributed by atoms with Gasteiger partial charge in [0.1, 0.15) is 5.75 Å². The van der Waals surface area contributed by atoms with Gasteiger partial charge in [-0.05, 0) is 39.3 Å². The average molecular weight is 250 g/mol. The van der Waals surface area contributed by atoms with Gasteiger partial charge in [-0.1, -0.05) is 11.6 Å². The summed E-state index contributed by atoms with van der Waals surface area (Å²) >= 11 is 0. The maximum Gasteiger partial charge on any atom is 0.125 e. The van der Waals surface area contributed by atoms with Crippen molar-refractivity contribution in [1.82, 2.24) is 0 Å². The van der Waals surface area contributed by atoms with Crippen LogP contribution in [0.2, 0.25) is 0 Å². The Kier molecular flexibility index (Phi) is 4.25. The molecule has 3 unspecified atom stereocenters. The summed E-state index contributed by atoms with van der Waals surface area (Å²) in [5, 5.41) is 10.5. The van der Waals surface area contributed by atoms with E-state index < -0.39 is 6.10 Å². The van der Waals surface area contributed by atoms with Crippen LogP contribution in [0, 0.1) is 12.8 Å². The third-order valence-electron chi connectivity index (χ3n) is 3.46. The Labute approximate surface area is 109 Å². The van der Waals surface area contributed by atoms with Gasteiger partial charge in [0.2, 0.25) is 0 Å². The molecule has 0 spiro atoms. The molecule has 3 nitrogen and oxygen atoms in total. The first kappa shape index (κ1) is 13.4. The Hall–Kier alpha value is -1.06. The summed E-state index contributed by atoms with van der Waals surface area (Å²) in [6, 6.07) is 5.96. The maximum absolute atomic E-state index is 10.5. The van der Waals surface area contributed by atoms with E-state index in [1.165, 1.54) is 0 Å². The number of hydrogen-bond donors (Lipinski definition) is 1. The highest BCUT2D eigenvalue weighted by atomic mass is 16.5. The number of aliphatic hydroxyl groups excluding tert-OH is 1. The zero-order valence-corrected chi connectivity index (χ0v) is 11.3. The zero-order valence-electron chi connectivity index (χ0n) is 11.3. The molecule has 3 atom stereocenters. The fourth-order valence-electron chi connectivity index (χ4n) is 2.51. The molecule has 0 aliphatic carbocycles. The number of aryl methyl sites for hydroxylation is 1. The number of ether oxygens (including phenoxy) is 2. The quantitative estimate of drug-likeness (QED) is 0.893. The summed E-state index contributed by atoms with van der Waals surface area (Å²) in [6.45, 7) is 7.27. The van der Waals surface area contributed by atoms with Crippen molar-refractivity contribution in [1.29, 1.82) is 0 Å². The summed E-state index contributed by atoms with van der Waals surface area (Å²) in [4.78, 5) is 0. The third kappa shape index (κ3) is 2.85. The lowest BCUT2D eigenvalue weighted by Crippen LogP contribution is -2.14. The molecule has 3 heteroatoms. The third-order valence-corrected chi connectivity index (χ3v) is 3.46. The Balaban J connectivity index is 2.22. The first-order valence-corrected chi connectivity index (χ1v) is 6.64. The van der Waals surface area contributed by atoms with Crippen LogP contribution in [0.5, 0.6) is 5.75 Å². The second-order valence-corrected chi connectivity index (χ2v) is 5.06. The van der Waals surface area contributed by atoms with Crippen LogP contribution in [0.3, 0.4) is 0 Å². The Bertz CT molecular complexity index is 403. The second kappa shape index (κ2) is 5.72. The van der Waals surface area contributed by atoms with Gasteiger partial charge in [0.25, 0.3) is 0 Å². The van der Waals surface area contributed by atoms with E-state index in [0.29, 0.717) is 13.2 Å². The highest BCUT2D eigenvalue weighted by Gasteiger charge is 2.30. The standard InChI is InChI=1S/C15H22O3/c1-4-17-14-6-5-10(2)7-13(14)15(16)12-8-11(3)18-9-12/h5-7,11-12,15-16H,4,8-9H2,1-3H3. The lowest BCUT2D eigenvalue weighted by atomic mass is 9.92. The molecule has 1 fully saturated rings. The molecule has 100 valence electrons. The van der Waals surface area contributed by atoms with Gasteiger partial charge in [-0.25, -0.2) is 0 Å². The van der Waals surface area contributed by atoms with Gasteiger partial charge in [0, 0.05) is 11.5 Å². The van der Waals surface area contributed by atoms with E-state index in [2.05, 4.69) is 0 Å². The molecule has 2 rings (SSSR count). The van der Waals surface area contributed by atoms with Crippen molar-refractivity contribution >= 4 is 0 Å². The second-order valence-electron chi connectivity index (χ2n) is 5.06. The first-order chi connectivity index (χ1) is 8.61. The van der Waals surface area contributed by atoms with E-state index in [-0.39, 0.29) is 12.0 Å². The van der Waals surface area contributed by atoms with E-state index in [1.807, 2.05) is 39.0 Å². The molecular weight excluding hydrogens is 228 g/mol. The van der Waals surface area contributed by atoms with Crippen molar-refractivity contribution in [3.05, 3.63) is 29.3 Å². The van der Waals surface area contributed by atoms with Crippen LogP contribution in [-0.4, -0.2) is 24.4 Å². The predicted octanol–water partition coefficient (Wildman–Crippen LogP) is 2.85. The van der Waals surface area contributed by atoms with E-state index in [9.17, 15) is 5.11 Å². The van der Waals surface area contributed by atoms with Crippen molar-refractivity contribution in [2.24, 2.45) is 5.92 Å². The Morgan fingerprint density at radius 3 is 2.89 bits per heavy atom. The van der Waals surface area contributed by atoms with E-state index in [1.54, 1.807) is 0 Å². The SMILES string of the molecule is CCOc1ccc(C)cc1C(O)C1COC(C)C1. The minimum Gasteiger partial charge on any atom is -0.493 e. The van der Waals surface area contributed by atoms with Crippen LogP contribution in [-0.2, 0) is 4.74 Å². The van der Waals surface area contributed by atoms with Gasteiger partial charge in [0.15, 0.2) is 0 Å². The van der Waals surface area contributed by atoms with Gasteiger partial charge in [-0.2, -0.15) is 0 Å². The van der Waals surface area contributed by atoms with Crippen LogP contribution < -0.4 is 4.74 Å². The molecule has 1 aromatic rings. The van der Waals surface area contributed by atoms with Crippen LogP contribution in [0.25, 0.3) is 0 Å². The average Bonchev–Trinajstić information content (AvgIpc) is 2.77. The van der Waals surface area contributed by atoms with E-state index in [0.717, 1.165) is 23.3 Å². The van der Waals surface area contributed by atoms with Crippen LogP contribution in [0.4, 0.5) is 0 Å². The number of benzene rings is 1. The molecule has 0 bridgehead atoms. The molecule has 1 aromatic carbocycles. The number of rotatable bonds is 4. The molecule has 1 saturated heterocycles. The van der Waals surface area contributed by atoms with Crippen LogP contribution in [0.1, 0.15) is 37.5 Å². The van der Waals surface area contributed by atoms with Crippen molar-refractivity contribution in [3.63, 3.8) is 0 Å². The summed E-state index contributed by atoms with van der Waals surface area (Å²) < 4.78 is 11.1. The highest BCUT2D eigenvalue weighted by Crippen LogP contribution is 2.36. The summed E-state index contributed by atoms with van der Waals surface area (Å²) in [6.07, 6.45) is 0.641. The first-order valence-electron chi connectivity index (χ1n) is 6.64. The lowest BCUT2D eigenvalue weighted by Gasteiger charge is -2.20. The lowest BCUT2D eigenvalue weighted by molar-refractivity contribution is 0.0786. The summed E-state index contributed by atoms with van der Waals surface area (Å²) in [5.41, 5.74) is 2.03. The maximum atomic E-state index is 10.5. The molecular formula is C15H22O3. The molecule has 0 saturated carbocycles. The van der Waals surface area contributed by atoms with Gasteiger partial charge < -0.3 is 14.6 Å². The summed E-state index contributed by atoms with van der Waals surface area (Å²) in [7, 11) is 0. The van der Waals surface area contributed by atoms with E-state index >= 15 is 0 Å². The summed E-state index contributed by atoms with van der Waals surface area (Å²) in [5.74, 6) is 0.955. The van der Waals surface area contributed by atoms with Crippen LogP contribution in [0.15, 0.2) is 18.2 Å². The fraction of sp³-hybridized carbons (Fsp3) is 0.600. The van der Waals surface area contributed by atoms with E-state index in [4.69, 9.17) is 9.47 Å². The molecule has 0 aromatic heterocycles. The van der Waals surface area contributed by atoms with Gasteiger partial charge in [-0.3, -0.25) is 0 Å². The molecule has 1 heterocycles. The highest BCUT2D eigenvalue weighted by molar-refractivity contribution is 5.38. The topological polar surface area (TPSA) is 38.7 Å². The molecule has 18 heavy (non-hydrogen) atoms. The van der Waals surface area contributed by atoms with Gasteiger partial charge >= 0.3 is 0 Å². The zero-order chi connectivity index (χ0) is 13.1. The normalized spacial score (nSPS) is 25.1. The minimum absolute atomic E-state index is 0.168. The van der Waals surface area contributed by atoms with Crippen molar-refractivity contribution in [2.45, 2.75) is 39.4 Å². The number of aliphatic hydroxyl groups is 1. The molecule has 0 radical (unpaired) electrons. The van der Waals surface area contributed by atoms with Crippen molar-refractivity contribution < 1.29 is 14.6 Å². The van der Waals surface area contributed by atoms with Crippen molar-refractivity contribution in [3.8, 4) is 5.75 Å².